The van der Waals surface area contributed by atoms with Gasteiger partial charge < -0.3 is 10.1 Å². The summed E-state index contributed by atoms with van der Waals surface area (Å²) in [7, 11) is -3.43. The Hall–Kier alpha value is -1.11. The maximum atomic E-state index is 12.2. The predicted molar refractivity (Wildman–Crippen MR) is 72.8 cm³/mol. The zero-order valence-corrected chi connectivity index (χ0v) is 11.5. The maximum Gasteiger partial charge on any atom is 0.240 e. The van der Waals surface area contributed by atoms with E-state index in [0.29, 0.717) is 11.4 Å². The van der Waals surface area contributed by atoms with E-state index in [4.69, 9.17) is 4.74 Å². The fourth-order valence-corrected chi connectivity index (χ4v) is 3.66. The van der Waals surface area contributed by atoms with Crippen molar-refractivity contribution in [1.29, 1.82) is 0 Å². The van der Waals surface area contributed by atoms with Gasteiger partial charge in [-0.1, -0.05) is 0 Å². The number of hydrogen-bond acceptors (Lipinski definition) is 4. The van der Waals surface area contributed by atoms with Gasteiger partial charge in [-0.05, 0) is 43.0 Å². The second-order valence-electron chi connectivity index (χ2n) is 4.98. The molecule has 3 rings (SSSR count). The van der Waals surface area contributed by atoms with E-state index in [9.17, 15) is 8.42 Å². The van der Waals surface area contributed by atoms with Gasteiger partial charge >= 0.3 is 0 Å². The van der Waals surface area contributed by atoms with Gasteiger partial charge in [0.1, 0.15) is 0 Å². The molecule has 2 aliphatic heterocycles. The van der Waals surface area contributed by atoms with Crippen LogP contribution in [0.2, 0.25) is 0 Å². The summed E-state index contributed by atoms with van der Waals surface area (Å²) < 4.78 is 32.5. The van der Waals surface area contributed by atoms with Crippen molar-refractivity contribution >= 4 is 15.7 Å². The molecule has 1 fully saturated rings. The van der Waals surface area contributed by atoms with Crippen molar-refractivity contribution in [3.63, 3.8) is 0 Å². The van der Waals surface area contributed by atoms with Gasteiger partial charge in [-0.15, -0.1) is 0 Å². The van der Waals surface area contributed by atoms with E-state index < -0.39 is 10.0 Å². The van der Waals surface area contributed by atoms with Gasteiger partial charge in [0.2, 0.25) is 10.0 Å². The summed E-state index contributed by atoms with van der Waals surface area (Å²) in [5.41, 5.74) is 2.11. The number of fused-ring (bicyclic) bond motifs is 1. The van der Waals surface area contributed by atoms with Gasteiger partial charge in [-0.25, -0.2) is 13.1 Å². The molecule has 104 valence electrons. The Kier molecular flexibility index (Phi) is 3.47. The summed E-state index contributed by atoms with van der Waals surface area (Å²) in [6, 6.07) is 5.24. The Morgan fingerprint density at radius 1 is 1.42 bits per heavy atom. The number of sulfonamides is 1. The number of benzene rings is 1. The van der Waals surface area contributed by atoms with Crippen LogP contribution < -0.4 is 10.0 Å². The maximum absolute atomic E-state index is 12.2. The van der Waals surface area contributed by atoms with Gasteiger partial charge in [0.15, 0.2) is 0 Å². The topological polar surface area (TPSA) is 67.4 Å². The highest BCUT2D eigenvalue weighted by atomic mass is 32.2. The molecule has 0 aromatic heterocycles. The van der Waals surface area contributed by atoms with Gasteiger partial charge in [-0.2, -0.15) is 0 Å². The molecule has 0 spiro atoms. The number of hydrogen-bond donors (Lipinski definition) is 2. The van der Waals surface area contributed by atoms with Crippen LogP contribution in [0.4, 0.5) is 5.69 Å². The largest absolute Gasteiger partial charge is 0.384 e. The highest BCUT2D eigenvalue weighted by Gasteiger charge is 2.21. The predicted octanol–water partition coefficient (Wildman–Crippen LogP) is 1.11. The molecule has 0 radical (unpaired) electrons. The quantitative estimate of drug-likeness (QED) is 0.868. The Balaban J connectivity index is 1.72. The van der Waals surface area contributed by atoms with Crippen molar-refractivity contribution in [2.24, 2.45) is 0 Å². The number of rotatable bonds is 4. The summed E-state index contributed by atoms with van der Waals surface area (Å²) in [6.07, 6.45) is 2.84. The molecular formula is C13H18N2O3S. The molecule has 0 saturated carbocycles. The second-order valence-corrected chi connectivity index (χ2v) is 6.75. The molecule has 0 bridgehead atoms. The average molecular weight is 282 g/mol. The number of anilines is 1. The van der Waals surface area contributed by atoms with E-state index in [0.717, 1.165) is 43.7 Å². The fraction of sp³-hybridized carbons (Fsp3) is 0.538. The summed E-state index contributed by atoms with van der Waals surface area (Å²) in [5.74, 6) is 0. The lowest BCUT2D eigenvalue weighted by molar-refractivity contribution is 0.114. The number of ether oxygens (including phenoxy) is 1. The molecule has 5 nitrogen and oxygen atoms in total. The summed E-state index contributed by atoms with van der Waals surface area (Å²) in [6.45, 7) is 1.97. The molecule has 2 heterocycles. The van der Waals surface area contributed by atoms with Crippen molar-refractivity contribution in [3.05, 3.63) is 23.8 Å². The minimum atomic E-state index is -3.43. The van der Waals surface area contributed by atoms with E-state index in [1.807, 2.05) is 6.07 Å². The van der Waals surface area contributed by atoms with Crippen LogP contribution in [0.25, 0.3) is 0 Å². The molecule has 2 aliphatic rings. The van der Waals surface area contributed by atoms with Crippen LogP contribution in [0.3, 0.4) is 0 Å². The van der Waals surface area contributed by atoms with Crippen molar-refractivity contribution in [2.75, 3.05) is 25.0 Å². The summed E-state index contributed by atoms with van der Waals surface area (Å²) in [4.78, 5) is 0.341. The lowest BCUT2D eigenvalue weighted by Crippen LogP contribution is -2.31. The van der Waals surface area contributed by atoms with Gasteiger partial charge in [-0.3, -0.25) is 0 Å². The third-order valence-electron chi connectivity index (χ3n) is 3.62. The molecule has 1 aromatic rings. The van der Waals surface area contributed by atoms with E-state index >= 15 is 0 Å². The molecule has 1 atom stereocenters. The molecule has 6 heteroatoms. The Morgan fingerprint density at radius 3 is 3.11 bits per heavy atom. The Bertz CT molecular complexity index is 565. The van der Waals surface area contributed by atoms with Crippen molar-refractivity contribution in [1.82, 2.24) is 4.72 Å². The Labute approximate surface area is 113 Å². The molecule has 1 saturated heterocycles. The van der Waals surface area contributed by atoms with Gasteiger partial charge in [0.05, 0.1) is 11.0 Å². The first-order chi connectivity index (χ1) is 9.15. The zero-order valence-electron chi connectivity index (χ0n) is 10.7. The minimum absolute atomic E-state index is 0.0193. The minimum Gasteiger partial charge on any atom is -0.384 e. The zero-order chi connectivity index (χ0) is 13.3. The van der Waals surface area contributed by atoms with Crippen LogP contribution in [-0.2, 0) is 21.2 Å². The average Bonchev–Trinajstić information content (AvgIpc) is 3.06. The molecule has 0 aliphatic carbocycles. The number of nitrogens with one attached hydrogen (secondary N) is 2. The van der Waals surface area contributed by atoms with E-state index in [2.05, 4.69) is 10.0 Å². The molecule has 0 unspecified atom stereocenters. The Morgan fingerprint density at radius 2 is 2.32 bits per heavy atom. The lowest BCUT2D eigenvalue weighted by atomic mass is 10.2. The highest BCUT2D eigenvalue weighted by molar-refractivity contribution is 7.89. The lowest BCUT2D eigenvalue weighted by Gasteiger charge is -2.12. The van der Waals surface area contributed by atoms with E-state index in [1.165, 1.54) is 0 Å². The highest BCUT2D eigenvalue weighted by Crippen LogP contribution is 2.25. The van der Waals surface area contributed by atoms with Crippen LogP contribution in [0.1, 0.15) is 18.4 Å². The van der Waals surface area contributed by atoms with Crippen LogP contribution in [0.5, 0.6) is 0 Å². The third-order valence-corrected chi connectivity index (χ3v) is 5.04. The monoisotopic (exact) mass is 282 g/mol. The van der Waals surface area contributed by atoms with Crippen LogP contribution in [0, 0.1) is 0 Å². The standard InChI is InChI=1S/C13H18N2O3S/c16-19(17,15-9-11-2-1-7-18-11)12-3-4-13-10(8-12)5-6-14-13/h3-4,8,11,14-15H,1-2,5-7,9H2/t11-/m1/s1. The second kappa shape index (κ2) is 5.11. The van der Waals surface area contributed by atoms with Gasteiger partial charge in [0.25, 0.3) is 0 Å². The molecule has 2 N–H and O–H groups in total. The van der Waals surface area contributed by atoms with Crippen molar-refractivity contribution < 1.29 is 13.2 Å². The van der Waals surface area contributed by atoms with Crippen LogP contribution >= 0.6 is 0 Å². The van der Waals surface area contributed by atoms with Crippen LogP contribution in [-0.4, -0.2) is 34.2 Å². The van der Waals surface area contributed by atoms with Crippen molar-refractivity contribution in [2.45, 2.75) is 30.3 Å². The summed E-state index contributed by atoms with van der Waals surface area (Å²) >= 11 is 0. The first-order valence-corrected chi connectivity index (χ1v) is 8.11. The molecule has 0 amide bonds. The SMILES string of the molecule is O=S(=O)(NC[C@H]1CCCO1)c1ccc2c(c1)CCN2. The van der Waals surface area contributed by atoms with Crippen molar-refractivity contribution in [3.8, 4) is 0 Å². The molecule has 1 aromatic carbocycles. The summed E-state index contributed by atoms with van der Waals surface area (Å²) in [5, 5.41) is 3.22. The molecule has 19 heavy (non-hydrogen) atoms. The fourth-order valence-electron chi connectivity index (χ4n) is 2.54. The normalized spacial score (nSPS) is 22.2. The van der Waals surface area contributed by atoms with E-state index in [-0.39, 0.29) is 6.10 Å². The first-order valence-electron chi connectivity index (χ1n) is 6.63. The third kappa shape index (κ3) is 2.75. The van der Waals surface area contributed by atoms with Crippen LogP contribution in [0.15, 0.2) is 23.1 Å². The first kappa shape index (κ1) is 12.9. The smallest absolute Gasteiger partial charge is 0.240 e. The molecular weight excluding hydrogens is 264 g/mol. The van der Waals surface area contributed by atoms with E-state index in [1.54, 1.807) is 12.1 Å². The van der Waals surface area contributed by atoms with Gasteiger partial charge in [0, 0.05) is 25.4 Å².